The van der Waals surface area contributed by atoms with Gasteiger partial charge in [0.15, 0.2) is 0 Å². The Morgan fingerprint density at radius 1 is 1.13 bits per heavy atom. The van der Waals surface area contributed by atoms with Gasteiger partial charge in [-0.15, -0.1) is 0 Å². The first-order valence-electron chi connectivity index (χ1n) is 4.81. The Kier molecular flexibility index (Phi) is 13.9. The van der Waals surface area contributed by atoms with Crippen LogP contribution in [0.3, 0.4) is 0 Å². The van der Waals surface area contributed by atoms with Crippen molar-refractivity contribution in [2.24, 2.45) is 0 Å². The third-order valence-electron chi connectivity index (χ3n) is 1.68. The van der Waals surface area contributed by atoms with Gasteiger partial charge in [0.2, 0.25) is 0 Å². The van der Waals surface area contributed by atoms with Crippen molar-refractivity contribution in [2.75, 3.05) is 6.61 Å². The second-order valence-corrected chi connectivity index (χ2v) is 2.94. The van der Waals surface area contributed by atoms with E-state index in [1.54, 1.807) is 0 Å². The van der Waals surface area contributed by atoms with Gasteiger partial charge < -0.3 is 9.47 Å². The zero-order valence-corrected chi connectivity index (χ0v) is 11.6. The van der Waals surface area contributed by atoms with Crippen molar-refractivity contribution in [2.45, 2.75) is 39.0 Å². The van der Waals surface area contributed by atoms with E-state index in [9.17, 15) is 9.59 Å². The Hall–Kier alpha value is -0.0600. The molecule has 0 radical (unpaired) electrons. The van der Waals surface area contributed by atoms with E-state index in [-0.39, 0.29) is 54.5 Å². The fourth-order valence-corrected chi connectivity index (χ4v) is 0.868. The SMILES string of the molecule is [CH2-]OC(=O)CCCOC(=O)CCCC.[Na+]. The molecule has 0 saturated heterocycles. The molecule has 0 aromatic carbocycles. The molecule has 0 aromatic heterocycles. The normalized spacial score (nSPS) is 8.93. The number of esters is 2. The Morgan fingerprint density at radius 3 is 2.27 bits per heavy atom. The van der Waals surface area contributed by atoms with Crippen LogP contribution in [0.15, 0.2) is 0 Å². The van der Waals surface area contributed by atoms with E-state index < -0.39 is 0 Å². The van der Waals surface area contributed by atoms with Crippen molar-refractivity contribution in [3.05, 3.63) is 7.11 Å². The van der Waals surface area contributed by atoms with E-state index in [2.05, 4.69) is 11.8 Å². The van der Waals surface area contributed by atoms with Gasteiger partial charge >= 0.3 is 35.5 Å². The van der Waals surface area contributed by atoms with Gasteiger partial charge in [-0.05, 0) is 12.8 Å². The van der Waals surface area contributed by atoms with Crippen molar-refractivity contribution in [3.63, 3.8) is 0 Å². The van der Waals surface area contributed by atoms with Gasteiger partial charge in [0.25, 0.3) is 5.97 Å². The number of hydrogen-bond donors (Lipinski definition) is 0. The maximum Gasteiger partial charge on any atom is 1.00 e. The molecule has 15 heavy (non-hydrogen) atoms. The summed E-state index contributed by atoms with van der Waals surface area (Å²) >= 11 is 0. The predicted molar refractivity (Wildman–Crippen MR) is 51.2 cm³/mol. The van der Waals surface area contributed by atoms with Gasteiger partial charge in [-0.2, -0.15) is 7.11 Å². The number of hydrogen-bond acceptors (Lipinski definition) is 4. The Bertz CT molecular complexity index is 182. The van der Waals surface area contributed by atoms with Gasteiger partial charge in [0.1, 0.15) is 0 Å². The van der Waals surface area contributed by atoms with E-state index in [1.807, 2.05) is 6.92 Å². The Labute approximate surface area is 113 Å². The molecule has 0 aliphatic rings. The molecule has 0 fully saturated rings. The third kappa shape index (κ3) is 11.9. The number of carbonyl (C=O) groups excluding carboxylic acids is 2. The monoisotopic (exact) mass is 224 g/mol. The number of rotatable bonds is 7. The maximum absolute atomic E-state index is 11.0. The first kappa shape index (κ1) is 17.3. The smallest absolute Gasteiger partial charge is 0.640 e. The summed E-state index contributed by atoms with van der Waals surface area (Å²) in [6.07, 6.45) is 3.01. The zero-order chi connectivity index (χ0) is 10.8. The van der Waals surface area contributed by atoms with Gasteiger partial charge in [-0.25, -0.2) is 0 Å². The summed E-state index contributed by atoms with van der Waals surface area (Å²) in [4.78, 5) is 21.6. The average molecular weight is 224 g/mol. The number of carbonyl (C=O) groups is 2. The van der Waals surface area contributed by atoms with E-state index in [1.165, 1.54) is 0 Å². The van der Waals surface area contributed by atoms with Crippen LogP contribution in [0.2, 0.25) is 0 Å². The third-order valence-corrected chi connectivity index (χ3v) is 1.68. The Balaban J connectivity index is 0. The molecule has 0 amide bonds. The molecule has 0 aliphatic heterocycles. The second kappa shape index (κ2) is 12.0. The summed E-state index contributed by atoms with van der Waals surface area (Å²) in [5.74, 6) is -0.579. The molecule has 0 N–H and O–H groups in total. The maximum atomic E-state index is 11.0. The summed E-state index contributed by atoms with van der Waals surface area (Å²) in [6, 6.07) is 0. The molecule has 0 saturated carbocycles. The number of unbranched alkanes of at least 4 members (excludes halogenated alkanes) is 1. The first-order chi connectivity index (χ1) is 6.70. The van der Waals surface area contributed by atoms with Crippen LogP contribution in [0.25, 0.3) is 0 Å². The van der Waals surface area contributed by atoms with Crippen LogP contribution in [0.1, 0.15) is 39.0 Å². The molecule has 0 rings (SSSR count). The van der Waals surface area contributed by atoms with Crippen LogP contribution in [0.5, 0.6) is 0 Å². The van der Waals surface area contributed by atoms with E-state index in [4.69, 9.17) is 4.74 Å². The largest absolute Gasteiger partial charge is 1.00 e. The molecule has 0 spiro atoms. The van der Waals surface area contributed by atoms with Gasteiger partial charge in [0.05, 0.1) is 6.61 Å². The molecule has 4 nitrogen and oxygen atoms in total. The van der Waals surface area contributed by atoms with Crippen molar-refractivity contribution in [1.29, 1.82) is 0 Å². The van der Waals surface area contributed by atoms with Gasteiger partial charge in [0, 0.05) is 12.8 Å². The van der Waals surface area contributed by atoms with Crippen molar-refractivity contribution in [3.8, 4) is 0 Å². The van der Waals surface area contributed by atoms with E-state index >= 15 is 0 Å². The van der Waals surface area contributed by atoms with Crippen LogP contribution in [0, 0.1) is 7.11 Å². The average Bonchev–Trinajstić information content (AvgIpc) is 2.21. The summed E-state index contributed by atoms with van der Waals surface area (Å²) in [5.41, 5.74) is 0. The van der Waals surface area contributed by atoms with E-state index in [0.717, 1.165) is 12.8 Å². The molecule has 82 valence electrons. The minimum absolute atomic E-state index is 0. The molecule has 0 heterocycles. The fraction of sp³-hybridized carbons (Fsp3) is 0.700. The quantitative estimate of drug-likeness (QED) is 0.237. The van der Waals surface area contributed by atoms with Gasteiger partial charge in [-0.3, -0.25) is 9.59 Å². The summed E-state index contributed by atoms with van der Waals surface area (Å²) in [7, 11) is 2.98. The van der Waals surface area contributed by atoms with E-state index in [0.29, 0.717) is 12.8 Å². The minimum Gasteiger partial charge on any atom is -0.640 e. The van der Waals surface area contributed by atoms with Crippen LogP contribution in [-0.2, 0) is 19.1 Å². The van der Waals surface area contributed by atoms with Crippen molar-refractivity contribution < 1.29 is 48.6 Å². The molecular weight excluding hydrogens is 207 g/mol. The molecule has 5 heteroatoms. The van der Waals surface area contributed by atoms with Crippen LogP contribution in [-0.4, -0.2) is 18.5 Å². The van der Waals surface area contributed by atoms with Crippen LogP contribution < -0.4 is 29.6 Å². The molecule has 0 atom stereocenters. The Morgan fingerprint density at radius 2 is 1.73 bits per heavy atom. The second-order valence-electron chi connectivity index (χ2n) is 2.94. The molecule has 0 aromatic rings. The zero-order valence-electron chi connectivity index (χ0n) is 9.58. The topological polar surface area (TPSA) is 52.6 Å². The summed E-state index contributed by atoms with van der Waals surface area (Å²) in [6.45, 7) is 2.29. The van der Waals surface area contributed by atoms with Gasteiger partial charge in [-0.1, -0.05) is 13.3 Å². The molecule has 0 aliphatic carbocycles. The standard InChI is InChI=1S/C10H17O4.Na/c1-3-4-6-10(12)14-8-5-7-9(11)13-2;/h2-8H2,1H3;/q-1;+1. The van der Waals surface area contributed by atoms with Crippen molar-refractivity contribution in [1.82, 2.24) is 0 Å². The minimum atomic E-state index is -0.380. The molecule has 0 bridgehead atoms. The van der Waals surface area contributed by atoms with Crippen LogP contribution in [0.4, 0.5) is 0 Å². The summed E-state index contributed by atoms with van der Waals surface area (Å²) < 4.78 is 9.06. The first-order valence-corrected chi connectivity index (χ1v) is 4.81. The van der Waals surface area contributed by atoms with Crippen molar-refractivity contribution >= 4 is 11.9 Å². The molecular formula is C10H17NaO4. The summed E-state index contributed by atoms with van der Waals surface area (Å²) in [5, 5.41) is 0. The predicted octanol–water partition coefficient (Wildman–Crippen LogP) is -1.16. The fourth-order valence-electron chi connectivity index (χ4n) is 0.868. The number of ether oxygens (including phenoxy) is 2. The molecule has 0 unspecified atom stereocenters. The van der Waals surface area contributed by atoms with Crippen LogP contribution >= 0.6 is 0 Å².